The van der Waals surface area contributed by atoms with Crippen molar-refractivity contribution in [1.82, 2.24) is 0 Å². The lowest BCUT2D eigenvalue weighted by Crippen LogP contribution is -2.28. The standard InChI is InChI=1S/C7H14O2Si/c1-5-6-7(8)9-10(2,3)4/h5H,1,6H2,2-4H3. The summed E-state index contributed by atoms with van der Waals surface area (Å²) in [6, 6.07) is 0. The summed E-state index contributed by atoms with van der Waals surface area (Å²) in [6.45, 7) is 9.39. The molecule has 0 saturated carbocycles. The molecule has 2 nitrogen and oxygen atoms in total. The van der Waals surface area contributed by atoms with Gasteiger partial charge in [0.05, 0.1) is 6.42 Å². The van der Waals surface area contributed by atoms with Gasteiger partial charge in [0, 0.05) is 0 Å². The lowest BCUT2D eigenvalue weighted by molar-refractivity contribution is -0.134. The van der Waals surface area contributed by atoms with Crippen molar-refractivity contribution in [3.63, 3.8) is 0 Å². The zero-order valence-corrected chi connectivity index (χ0v) is 7.81. The molecule has 0 aromatic rings. The van der Waals surface area contributed by atoms with E-state index in [4.69, 9.17) is 4.43 Å². The first-order valence-corrected chi connectivity index (χ1v) is 6.69. The Kier molecular flexibility index (Phi) is 3.36. The third-order valence-electron chi connectivity index (χ3n) is 0.731. The molecule has 0 atom stereocenters. The second-order valence-electron chi connectivity index (χ2n) is 3.08. The molecule has 0 aliphatic heterocycles. The quantitative estimate of drug-likeness (QED) is 0.463. The molecule has 0 heterocycles. The van der Waals surface area contributed by atoms with Crippen LogP contribution in [-0.2, 0) is 9.22 Å². The van der Waals surface area contributed by atoms with Gasteiger partial charge in [-0.05, 0) is 19.6 Å². The number of carbonyl (C=O) groups is 1. The Labute approximate surface area is 63.0 Å². The zero-order chi connectivity index (χ0) is 8.20. The van der Waals surface area contributed by atoms with Crippen molar-refractivity contribution in [2.24, 2.45) is 0 Å². The van der Waals surface area contributed by atoms with E-state index in [1.807, 2.05) is 19.6 Å². The Morgan fingerprint density at radius 2 is 2.10 bits per heavy atom. The van der Waals surface area contributed by atoms with E-state index in [-0.39, 0.29) is 5.97 Å². The molecule has 0 rings (SSSR count). The number of carbonyl (C=O) groups excluding carboxylic acids is 1. The first-order valence-electron chi connectivity index (χ1n) is 3.28. The molecule has 3 heteroatoms. The van der Waals surface area contributed by atoms with E-state index in [0.29, 0.717) is 6.42 Å². The van der Waals surface area contributed by atoms with Gasteiger partial charge in [-0.15, -0.1) is 6.58 Å². The normalized spacial score (nSPS) is 10.7. The van der Waals surface area contributed by atoms with Crippen molar-refractivity contribution in [3.8, 4) is 0 Å². The van der Waals surface area contributed by atoms with Crippen LogP contribution >= 0.6 is 0 Å². The van der Waals surface area contributed by atoms with Crippen molar-refractivity contribution in [1.29, 1.82) is 0 Å². The second kappa shape index (κ2) is 3.56. The molecule has 0 unspecified atom stereocenters. The van der Waals surface area contributed by atoms with Gasteiger partial charge in [-0.2, -0.15) is 0 Å². The monoisotopic (exact) mass is 158 g/mol. The van der Waals surface area contributed by atoms with Gasteiger partial charge < -0.3 is 4.43 Å². The van der Waals surface area contributed by atoms with E-state index in [2.05, 4.69) is 6.58 Å². The van der Waals surface area contributed by atoms with Crippen LogP contribution in [-0.4, -0.2) is 14.3 Å². The Bertz CT molecular complexity index is 135. The van der Waals surface area contributed by atoms with E-state index in [1.165, 1.54) is 0 Å². The summed E-state index contributed by atoms with van der Waals surface area (Å²) >= 11 is 0. The summed E-state index contributed by atoms with van der Waals surface area (Å²) in [5.41, 5.74) is 0. The van der Waals surface area contributed by atoms with Crippen LogP contribution in [0.15, 0.2) is 12.7 Å². The fourth-order valence-corrected chi connectivity index (χ4v) is 1.27. The summed E-state index contributed by atoms with van der Waals surface area (Å²) in [7, 11) is -1.65. The van der Waals surface area contributed by atoms with Crippen LogP contribution in [0.4, 0.5) is 0 Å². The molecule has 0 aliphatic rings. The number of hydrogen-bond acceptors (Lipinski definition) is 2. The topological polar surface area (TPSA) is 26.3 Å². The van der Waals surface area contributed by atoms with Gasteiger partial charge in [0.1, 0.15) is 0 Å². The van der Waals surface area contributed by atoms with Crippen LogP contribution in [0.25, 0.3) is 0 Å². The predicted octanol–water partition coefficient (Wildman–Crippen LogP) is 1.94. The molecule has 0 spiro atoms. The van der Waals surface area contributed by atoms with E-state index in [9.17, 15) is 4.79 Å². The molecular weight excluding hydrogens is 144 g/mol. The van der Waals surface area contributed by atoms with Crippen LogP contribution in [0.1, 0.15) is 6.42 Å². The third-order valence-corrected chi connectivity index (χ3v) is 1.57. The zero-order valence-electron chi connectivity index (χ0n) is 6.81. The Balaban J connectivity index is 3.68. The van der Waals surface area contributed by atoms with E-state index < -0.39 is 8.32 Å². The maximum atomic E-state index is 10.8. The fraction of sp³-hybridized carbons (Fsp3) is 0.571. The summed E-state index contributed by atoms with van der Waals surface area (Å²) < 4.78 is 5.11. The van der Waals surface area contributed by atoms with Gasteiger partial charge in [0.15, 0.2) is 0 Å². The number of hydrogen-bond donors (Lipinski definition) is 0. The molecule has 10 heavy (non-hydrogen) atoms. The molecule has 0 N–H and O–H groups in total. The van der Waals surface area contributed by atoms with Crippen LogP contribution in [0, 0.1) is 0 Å². The maximum Gasteiger partial charge on any atom is 0.296 e. The smallest absolute Gasteiger partial charge is 0.296 e. The van der Waals surface area contributed by atoms with Crippen LogP contribution in [0.2, 0.25) is 19.6 Å². The SMILES string of the molecule is C=CCC(=O)O[Si](C)(C)C. The minimum absolute atomic E-state index is 0.158. The van der Waals surface area contributed by atoms with Gasteiger partial charge in [-0.1, -0.05) is 6.08 Å². The predicted molar refractivity (Wildman–Crippen MR) is 44.3 cm³/mol. The second-order valence-corrected chi connectivity index (χ2v) is 7.51. The van der Waals surface area contributed by atoms with E-state index >= 15 is 0 Å². The van der Waals surface area contributed by atoms with Crippen LogP contribution < -0.4 is 0 Å². The molecule has 58 valence electrons. The molecular formula is C7H14O2Si. The summed E-state index contributed by atoms with van der Waals surface area (Å²) in [4.78, 5) is 10.8. The van der Waals surface area contributed by atoms with Crippen molar-refractivity contribution in [2.75, 3.05) is 0 Å². The minimum atomic E-state index is -1.65. The molecule has 0 bridgehead atoms. The van der Waals surface area contributed by atoms with Gasteiger partial charge in [0.25, 0.3) is 5.97 Å². The van der Waals surface area contributed by atoms with Crippen LogP contribution in [0.5, 0.6) is 0 Å². The van der Waals surface area contributed by atoms with Gasteiger partial charge in [0.2, 0.25) is 8.32 Å². The Morgan fingerprint density at radius 1 is 1.60 bits per heavy atom. The van der Waals surface area contributed by atoms with Gasteiger partial charge in [-0.3, -0.25) is 4.79 Å². The Morgan fingerprint density at radius 3 is 2.40 bits per heavy atom. The fourth-order valence-electron chi connectivity index (χ4n) is 0.501. The average Bonchev–Trinajstić information content (AvgIpc) is 1.59. The van der Waals surface area contributed by atoms with Gasteiger partial charge >= 0.3 is 0 Å². The first-order chi connectivity index (χ1) is 4.45. The molecule has 0 amide bonds. The van der Waals surface area contributed by atoms with E-state index in [0.717, 1.165) is 0 Å². The number of rotatable bonds is 3. The third kappa shape index (κ3) is 5.56. The van der Waals surface area contributed by atoms with Crippen LogP contribution in [0.3, 0.4) is 0 Å². The lowest BCUT2D eigenvalue weighted by atomic mass is 10.4. The lowest BCUT2D eigenvalue weighted by Gasteiger charge is -2.16. The Hall–Kier alpha value is -0.573. The molecule has 0 radical (unpaired) electrons. The highest BCUT2D eigenvalue weighted by atomic mass is 28.4. The molecule has 0 fully saturated rings. The van der Waals surface area contributed by atoms with Crippen molar-refractivity contribution in [2.45, 2.75) is 26.1 Å². The highest BCUT2D eigenvalue weighted by Gasteiger charge is 2.18. The minimum Gasteiger partial charge on any atom is -0.520 e. The van der Waals surface area contributed by atoms with Gasteiger partial charge in [-0.25, -0.2) is 0 Å². The van der Waals surface area contributed by atoms with Crippen molar-refractivity contribution < 1.29 is 9.22 Å². The summed E-state index contributed by atoms with van der Waals surface area (Å²) in [5.74, 6) is -0.158. The van der Waals surface area contributed by atoms with E-state index in [1.54, 1.807) is 6.08 Å². The van der Waals surface area contributed by atoms with Crippen molar-refractivity contribution in [3.05, 3.63) is 12.7 Å². The summed E-state index contributed by atoms with van der Waals surface area (Å²) in [6.07, 6.45) is 1.88. The highest BCUT2D eigenvalue weighted by molar-refractivity contribution is 6.71. The largest absolute Gasteiger partial charge is 0.520 e. The molecule has 0 saturated heterocycles. The highest BCUT2D eigenvalue weighted by Crippen LogP contribution is 2.03. The molecule has 0 aromatic heterocycles. The average molecular weight is 158 g/mol. The first kappa shape index (κ1) is 9.43. The van der Waals surface area contributed by atoms with Crippen molar-refractivity contribution >= 4 is 14.3 Å². The molecule has 0 aromatic carbocycles. The molecule has 0 aliphatic carbocycles. The maximum absolute atomic E-state index is 10.8. The summed E-state index contributed by atoms with van der Waals surface area (Å²) in [5, 5.41) is 0.